The zero-order valence-corrected chi connectivity index (χ0v) is 18.6. The maximum absolute atomic E-state index is 12.9. The summed E-state index contributed by atoms with van der Waals surface area (Å²) < 4.78 is 37.7. The number of sulfonamides is 1. The van der Waals surface area contributed by atoms with Gasteiger partial charge in [0, 0.05) is 13.1 Å². The molecule has 1 aromatic heterocycles. The van der Waals surface area contributed by atoms with Crippen molar-refractivity contribution in [2.45, 2.75) is 17.9 Å². The number of aromatic amines is 1. The summed E-state index contributed by atoms with van der Waals surface area (Å²) in [5.41, 5.74) is 0.00639. The van der Waals surface area contributed by atoms with Gasteiger partial charge in [0.15, 0.2) is 11.9 Å². The Morgan fingerprint density at radius 3 is 2.69 bits per heavy atom. The van der Waals surface area contributed by atoms with Crippen molar-refractivity contribution < 1.29 is 22.7 Å². The number of H-pyrrole nitrogens is 1. The Kier molecular flexibility index (Phi) is 6.29. The van der Waals surface area contributed by atoms with E-state index in [0.717, 1.165) is 0 Å². The maximum atomic E-state index is 12.9. The summed E-state index contributed by atoms with van der Waals surface area (Å²) in [7, 11) is -3.82. The van der Waals surface area contributed by atoms with E-state index in [0.29, 0.717) is 24.1 Å². The molecule has 1 N–H and O–H groups in total. The highest BCUT2D eigenvalue weighted by Gasteiger charge is 2.28. The van der Waals surface area contributed by atoms with Crippen LogP contribution in [0.4, 0.5) is 0 Å². The number of morpholine rings is 1. The molecule has 32 heavy (non-hydrogen) atoms. The van der Waals surface area contributed by atoms with E-state index >= 15 is 0 Å². The molecule has 1 aliphatic heterocycles. The number of carbonyl (C=O) groups is 1. The molecule has 168 valence electrons. The summed E-state index contributed by atoms with van der Waals surface area (Å²) in [6, 6.07) is 10.7. The lowest BCUT2D eigenvalue weighted by Crippen LogP contribution is -2.40. The molecule has 0 spiro atoms. The van der Waals surface area contributed by atoms with E-state index in [-0.39, 0.29) is 40.0 Å². The van der Waals surface area contributed by atoms with Crippen LogP contribution in [0, 0.1) is 0 Å². The lowest BCUT2D eigenvalue weighted by Gasteiger charge is -2.26. The lowest BCUT2D eigenvalue weighted by atomic mass is 10.2. The normalized spacial score (nSPS) is 16.1. The number of hydrogen-bond acceptors (Lipinski definition) is 7. The van der Waals surface area contributed by atoms with Gasteiger partial charge in [-0.1, -0.05) is 23.7 Å². The van der Waals surface area contributed by atoms with Gasteiger partial charge in [-0.2, -0.15) is 4.31 Å². The van der Waals surface area contributed by atoms with Crippen LogP contribution in [0.15, 0.2) is 52.2 Å². The van der Waals surface area contributed by atoms with Crippen molar-refractivity contribution in [3.63, 3.8) is 0 Å². The van der Waals surface area contributed by atoms with Gasteiger partial charge in [0.25, 0.3) is 5.56 Å². The summed E-state index contributed by atoms with van der Waals surface area (Å²) in [6.07, 6.45) is -0.907. The molecule has 11 heteroatoms. The number of para-hydroxylation sites is 1. The number of nitrogens with zero attached hydrogens (tertiary/aromatic N) is 2. The topological polar surface area (TPSA) is 119 Å². The van der Waals surface area contributed by atoms with Crippen LogP contribution >= 0.6 is 11.6 Å². The molecular weight excluding hydrogens is 458 g/mol. The molecule has 1 atom stereocenters. The second-order valence-corrected chi connectivity index (χ2v) is 9.52. The molecule has 2 heterocycles. The first-order valence-corrected chi connectivity index (χ1v) is 11.7. The third-order valence-corrected chi connectivity index (χ3v) is 7.29. The Morgan fingerprint density at radius 2 is 1.94 bits per heavy atom. The predicted octanol–water partition coefficient (Wildman–Crippen LogP) is 2.52. The van der Waals surface area contributed by atoms with E-state index in [1.807, 2.05) is 0 Å². The minimum atomic E-state index is -3.82. The summed E-state index contributed by atoms with van der Waals surface area (Å²) in [5, 5.41) is 0.460. The first-order valence-electron chi connectivity index (χ1n) is 9.85. The number of rotatable bonds is 5. The van der Waals surface area contributed by atoms with Gasteiger partial charge >= 0.3 is 5.97 Å². The van der Waals surface area contributed by atoms with Crippen molar-refractivity contribution in [3.8, 4) is 0 Å². The van der Waals surface area contributed by atoms with Crippen LogP contribution in [0.25, 0.3) is 10.9 Å². The maximum Gasteiger partial charge on any atom is 0.340 e. The monoisotopic (exact) mass is 477 g/mol. The van der Waals surface area contributed by atoms with Crippen molar-refractivity contribution in [1.82, 2.24) is 14.3 Å². The number of esters is 1. The lowest BCUT2D eigenvalue weighted by molar-refractivity contribution is 0.0320. The molecule has 1 fully saturated rings. The molecule has 0 bridgehead atoms. The minimum Gasteiger partial charge on any atom is -0.451 e. The van der Waals surface area contributed by atoms with Gasteiger partial charge < -0.3 is 14.5 Å². The standard InChI is InChI=1S/C21H20ClN3O6S/c1-13(19-23-18-5-3-2-4-15(18)20(26)24-19)31-21(27)16-12-14(6-7-17(16)22)32(28,29)25-8-10-30-11-9-25/h2-7,12-13H,8-11H2,1H3,(H,23,24,26). The predicted molar refractivity (Wildman–Crippen MR) is 117 cm³/mol. The molecule has 3 aromatic rings. The Balaban J connectivity index is 1.59. The molecule has 0 aliphatic carbocycles. The Labute approximate surface area is 189 Å². The summed E-state index contributed by atoms with van der Waals surface area (Å²) in [6.45, 7) is 2.60. The third-order valence-electron chi connectivity index (χ3n) is 5.07. The van der Waals surface area contributed by atoms with Crippen LogP contribution in [0.5, 0.6) is 0 Å². The van der Waals surface area contributed by atoms with E-state index in [4.69, 9.17) is 21.1 Å². The van der Waals surface area contributed by atoms with Crippen molar-refractivity contribution >= 4 is 38.5 Å². The van der Waals surface area contributed by atoms with E-state index in [1.165, 1.54) is 22.5 Å². The number of halogens is 1. The van der Waals surface area contributed by atoms with Crippen LogP contribution in [-0.4, -0.2) is 55.0 Å². The van der Waals surface area contributed by atoms with E-state index < -0.39 is 22.1 Å². The quantitative estimate of drug-likeness (QED) is 0.561. The first kappa shape index (κ1) is 22.4. The summed E-state index contributed by atoms with van der Waals surface area (Å²) in [5.74, 6) is -0.674. The third kappa shape index (κ3) is 4.40. The SMILES string of the molecule is CC(OC(=O)c1cc(S(=O)(=O)N2CCOCC2)ccc1Cl)c1nc2ccccc2c(=O)[nH]1. The Hall–Kier alpha value is -2.79. The largest absolute Gasteiger partial charge is 0.451 e. The molecule has 1 saturated heterocycles. The van der Waals surface area contributed by atoms with Gasteiger partial charge in [-0.3, -0.25) is 4.79 Å². The highest BCUT2D eigenvalue weighted by molar-refractivity contribution is 7.89. The molecule has 0 saturated carbocycles. The van der Waals surface area contributed by atoms with Gasteiger partial charge in [0.05, 0.1) is 39.6 Å². The fourth-order valence-electron chi connectivity index (χ4n) is 3.33. The molecule has 0 radical (unpaired) electrons. The molecule has 1 aliphatic rings. The van der Waals surface area contributed by atoms with Crippen LogP contribution in [0.3, 0.4) is 0 Å². The van der Waals surface area contributed by atoms with Crippen LogP contribution in [0.2, 0.25) is 5.02 Å². The Bertz CT molecular complexity index is 1330. The van der Waals surface area contributed by atoms with E-state index in [9.17, 15) is 18.0 Å². The average Bonchev–Trinajstić information content (AvgIpc) is 2.79. The molecule has 0 amide bonds. The molecule has 2 aromatic carbocycles. The smallest absolute Gasteiger partial charge is 0.340 e. The number of benzene rings is 2. The van der Waals surface area contributed by atoms with Crippen LogP contribution in [0.1, 0.15) is 29.2 Å². The summed E-state index contributed by atoms with van der Waals surface area (Å²) >= 11 is 6.16. The minimum absolute atomic E-state index is 0.0445. The Morgan fingerprint density at radius 1 is 1.22 bits per heavy atom. The van der Waals surface area contributed by atoms with Crippen molar-refractivity contribution in [2.24, 2.45) is 0 Å². The van der Waals surface area contributed by atoms with Crippen molar-refractivity contribution in [2.75, 3.05) is 26.3 Å². The second kappa shape index (κ2) is 8.99. The fourth-order valence-corrected chi connectivity index (χ4v) is 4.96. The number of fused-ring (bicyclic) bond motifs is 1. The molecule has 4 rings (SSSR count). The highest BCUT2D eigenvalue weighted by Crippen LogP contribution is 2.26. The molecular formula is C21H20ClN3O6S. The number of nitrogens with one attached hydrogen (secondary N) is 1. The number of ether oxygens (including phenoxy) is 2. The number of hydrogen-bond donors (Lipinski definition) is 1. The summed E-state index contributed by atoms with van der Waals surface area (Å²) in [4.78, 5) is 32.0. The van der Waals surface area contributed by atoms with Gasteiger partial charge in [-0.15, -0.1) is 0 Å². The van der Waals surface area contributed by atoms with Gasteiger partial charge in [0.1, 0.15) is 0 Å². The van der Waals surface area contributed by atoms with E-state index in [2.05, 4.69) is 9.97 Å². The number of carbonyl (C=O) groups excluding carboxylic acids is 1. The molecule has 1 unspecified atom stereocenters. The van der Waals surface area contributed by atoms with Gasteiger partial charge in [-0.05, 0) is 37.3 Å². The van der Waals surface area contributed by atoms with Crippen LogP contribution in [-0.2, 0) is 19.5 Å². The molecule has 9 nitrogen and oxygen atoms in total. The average molecular weight is 478 g/mol. The zero-order chi connectivity index (χ0) is 22.9. The zero-order valence-electron chi connectivity index (χ0n) is 17.1. The second-order valence-electron chi connectivity index (χ2n) is 7.17. The van der Waals surface area contributed by atoms with Gasteiger partial charge in [0.2, 0.25) is 10.0 Å². The van der Waals surface area contributed by atoms with E-state index in [1.54, 1.807) is 31.2 Å². The van der Waals surface area contributed by atoms with Gasteiger partial charge in [-0.25, -0.2) is 18.2 Å². The van der Waals surface area contributed by atoms with Crippen molar-refractivity contribution in [3.05, 3.63) is 69.2 Å². The van der Waals surface area contributed by atoms with Crippen molar-refractivity contribution in [1.29, 1.82) is 0 Å². The highest BCUT2D eigenvalue weighted by atomic mass is 35.5. The number of aromatic nitrogens is 2. The fraction of sp³-hybridized carbons (Fsp3) is 0.286. The van der Waals surface area contributed by atoms with Crippen LogP contribution < -0.4 is 5.56 Å². The first-order chi connectivity index (χ1) is 15.3.